The third-order valence-corrected chi connectivity index (χ3v) is 3.99. The predicted molar refractivity (Wildman–Crippen MR) is 109 cm³/mol. The lowest BCUT2D eigenvalue weighted by Crippen LogP contribution is -2.30. The maximum atomic E-state index is 12.4. The second kappa shape index (κ2) is 9.45. The number of methoxy groups -OCH3 is 2. The Bertz CT molecular complexity index is 959. The van der Waals surface area contributed by atoms with Gasteiger partial charge in [-0.05, 0) is 37.3 Å². The summed E-state index contributed by atoms with van der Waals surface area (Å²) in [7, 11) is 3.16. The number of carbonyl (C=O) groups excluding carboxylic acids is 1. The molecule has 3 aromatic rings. The molecule has 0 fully saturated rings. The molecule has 3 rings (SSSR count). The Morgan fingerprint density at radius 3 is 2.14 bits per heavy atom. The summed E-state index contributed by atoms with van der Waals surface area (Å²) in [6.07, 6.45) is 0.820. The lowest BCUT2D eigenvalue weighted by molar-refractivity contribution is -0.122. The number of hydrogen-bond donors (Lipinski definition) is 1. The van der Waals surface area contributed by atoms with Gasteiger partial charge in [-0.2, -0.15) is 0 Å². The standard InChI is InChI=1S/C22H22N2O5/c1-15(28-19-8-4-6-17(12-19)26-2)22(25)24-16-10-11-21(23-14-16)29-20-9-5-7-18(13-20)27-3/h4-15H,1-3H3,(H,24,25). The number of pyridine rings is 1. The SMILES string of the molecule is COc1cccc(Oc2ccc(NC(=O)C(C)Oc3cccc(OC)c3)cn2)c1. The number of ether oxygens (including phenoxy) is 4. The average Bonchev–Trinajstić information content (AvgIpc) is 2.75. The van der Waals surface area contributed by atoms with Crippen molar-refractivity contribution in [3.63, 3.8) is 0 Å². The highest BCUT2D eigenvalue weighted by Gasteiger charge is 2.15. The van der Waals surface area contributed by atoms with Crippen molar-refractivity contribution in [2.24, 2.45) is 0 Å². The maximum absolute atomic E-state index is 12.4. The molecule has 0 saturated heterocycles. The molecule has 0 aliphatic rings. The van der Waals surface area contributed by atoms with Crippen LogP contribution in [-0.4, -0.2) is 31.2 Å². The van der Waals surface area contributed by atoms with Crippen molar-refractivity contribution in [2.75, 3.05) is 19.5 Å². The van der Waals surface area contributed by atoms with E-state index in [9.17, 15) is 4.79 Å². The third kappa shape index (κ3) is 5.62. The molecule has 7 nitrogen and oxygen atoms in total. The summed E-state index contributed by atoms with van der Waals surface area (Å²) in [6.45, 7) is 1.67. The van der Waals surface area contributed by atoms with E-state index in [0.717, 1.165) is 0 Å². The first-order valence-corrected chi connectivity index (χ1v) is 8.97. The van der Waals surface area contributed by atoms with Crippen LogP contribution in [0.5, 0.6) is 28.9 Å². The Morgan fingerprint density at radius 1 is 0.897 bits per heavy atom. The van der Waals surface area contributed by atoms with Crippen LogP contribution in [0.3, 0.4) is 0 Å². The van der Waals surface area contributed by atoms with E-state index in [-0.39, 0.29) is 5.91 Å². The van der Waals surface area contributed by atoms with Crippen LogP contribution in [0.25, 0.3) is 0 Å². The van der Waals surface area contributed by atoms with E-state index < -0.39 is 6.10 Å². The molecule has 0 spiro atoms. The topological polar surface area (TPSA) is 78.9 Å². The van der Waals surface area contributed by atoms with Gasteiger partial charge in [0.05, 0.1) is 26.1 Å². The molecule has 0 radical (unpaired) electrons. The molecule has 7 heteroatoms. The van der Waals surface area contributed by atoms with E-state index in [1.54, 1.807) is 69.7 Å². The molecular weight excluding hydrogens is 372 g/mol. The number of nitrogens with zero attached hydrogens (tertiary/aromatic N) is 1. The highest BCUT2D eigenvalue weighted by molar-refractivity contribution is 5.94. The molecule has 0 aliphatic carbocycles. The lowest BCUT2D eigenvalue weighted by atomic mass is 10.3. The fourth-order valence-electron chi connectivity index (χ4n) is 2.48. The smallest absolute Gasteiger partial charge is 0.265 e. The maximum Gasteiger partial charge on any atom is 0.265 e. The number of benzene rings is 2. The Hall–Kier alpha value is -3.74. The van der Waals surface area contributed by atoms with Gasteiger partial charge < -0.3 is 24.3 Å². The number of rotatable bonds is 8. The quantitative estimate of drug-likeness (QED) is 0.614. The predicted octanol–water partition coefficient (Wildman–Crippen LogP) is 4.30. The van der Waals surface area contributed by atoms with Gasteiger partial charge in [-0.15, -0.1) is 0 Å². The van der Waals surface area contributed by atoms with Crippen LogP contribution < -0.4 is 24.3 Å². The van der Waals surface area contributed by atoms with Gasteiger partial charge in [0.2, 0.25) is 5.88 Å². The van der Waals surface area contributed by atoms with Gasteiger partial charge in [-0.25, -0.2) is 4.98 Å². The van der Waals surface area contributed by atoms with Crippen molar-refractivity contribution in [3.8, 4) is 28.9 Å². The van der Waals surface area contributed by atoms with Gasteiger partial charge in [0, 0.05) is 18.2 Å². The molecule has 1 heterocycles. The molecule has 150 valence electrons. The minimum atomic E-state index is -0.699. The fourth-order valence-corrected chi connectivity index (χ4v) is 2.48. The highest BCUT2D eigenvalue weighted by atomic mass is 16.5. The van der Waals surface area contributed by atoms with Crippen LogP contribution in [0.4, 0.5) is 5.69 Å². The van der Waals surface area contributed by atoms with E-state index in [1.165, 1.54) is 6.20 Å². The number of amides is 1. The van der Waals surface area contributed by atoms with Crippen molar-refractivity contribution in [1.29, 1.82) is 0 Å². The summed E-state index contributed by atoms with van der Waals surface area (Å²) in [6, 6.07) is 17.7. The zero-order valence-corrected chi connectivity index (χ0v) is 16.4. The summed E-state index contributed by atoms with van der Waals surface area (Å²) in [5, 5.41) is 2.77. The zero-order chi connectivity index (χ0) is 20.6. The first-order chi connectivity index (χ1) is 14.1. The highest BCUT2D eigenvalue weighted by Crippen LogP contribution is 2.24. The van der Waals surface area contributed by atoms with Crippen LogP contribution in [0.1, 0.15) is 6.92 Å². The normalized spacial score (nSPS) is 11.3. The molecule has 1 unspecified atom stereocenters. The molecule has 2 aromatic carbocycles. The van der Waals surface area contributed by atoms with E-state index in [4.69, 9.17) is 18.9 Å². The molecule has 1 amide bonds. The number of aromatic nitrogens is 1. The summed E-state index contributed by atoms with van der Waals surface area (Å²) < 4.78 is 21.7. The van der Waals surface area contributed by atoms with Gasteiger partial charge in [0.1, 0.15) is 23.0 Å². The molecule has 1 N–H and O–H groups in total. The average molecular weight is 394 g/mol. The van der Waals surface area contributed by atoms with E-state index in [0.29, 0.717) is 34.6 Å². The summed E-state index contributed by atoms with van der Waals surface area (Å²) in [5.41, 5.74) is 0.536. The van der Waals surface area contributed by atoms with Crippen molar-refractivity contribution in [2.45, 2.75) is 13.0 Å². The first kappa shape index (κ1) is 20.0. The van der Waals surface area contributed by atoms with Gasteiger partial charge >= 0.3 is 0 Å². The Morgan fingerprint density at radius 2 is 1.52 bits per heavy atom. The molecule has 29 heavy (non-hydrogen) atoms. The fraction of sp³-hybridized carbons (Fsp3) is 0.182. The van der Waals surface area contributed by atoms with Crippen molar-refractivity contribution in [3.05, 3.63) is 66.9 Å². The van der Waals surface area contributed by atoms with Crippen LogP contribution in [0.15, 0.2) is 66.9 Å². The zero-order valence-electron chi connectivity index (χ0n) is 16.4. The minimum Gasteiger partial charge on any atom is -0.497 e. The van der Waals surface area contributed by atoms with Gasteiger partial charge in [-0.3, -0.25) is 4.79 Å². The van der Waals surface area contributed by atoms with Crippen molar-refractivity contribution in [1.82, 2.24) is 4.98 Å². The van der Waals surface area contributed by atoms with Crippen molar-refractivity contribution < 1.29 is 23.7 Å². The molecular formula is C22H22N2O5. The van der Waals surface area contributed by atoms with Gasteiger partial charge in [0.15, 0.2) is 6.10 Å². The number of anilines is 1. The van der Waals surface area contributed by atoms with Gasteiger partial charge in [-0.1, -0.05) is 12.1 Å². The van der Waals surface area contributed by atoms with Crippen LogP contribution in [-0.2, 0) is 4.79 Å². The Labute approximate surface area is 169 Å². The summed E-state index contributed by atoms with van der Waals surface area (Å²) in [5.74, 6) is 2.61. The number of hydrogen-bond acceptors (Lipinski definition) is 6. The minimum absolute atomic E-state index is 0.295. The van der Waals surface area contributed by atoms with Gasteiger partial charge in [0.25, 0.3) is 5.91 Å². The van der Waals surface area contributed by atoms with Crippen LogP contribution >= 0.6 is 0 Å². The van der Waals surface area contributed by atoms with E-state index in [1.807, 2.05) is 12.1 Å². The molecule has 1 atom stereocenters. The molecule has 0 aliphatic heterocycles. The Balaban J connectivity index is 1.57. The number of carbonyl (C=O) groups is 1. The first-order valence-electron chi connectivity index (χ1n) is 8.97. The van der Waals surface area contributed by atoms with E-state index >= 15 is 0 Å². The Kier molecular flexibility index (Phi) is 6.52. The van der Waals surface area contributed by atoms with E-state index in [2.05, 4.69) is 10.3 Å². The molecule has 0 saturated carbocycles. The van der Waals surface area contributed by atoms with Crippen molar-refractivity contribution >= 4 is 11.6 Å². The second-order valence-electron chi connectivity index (χ2n) is 6.09. The number of nitrogens with one attached hydrogen (secondary N) is 1. The second-order valence-corrected chi connectivity index (χ2v) is 6.09. The largest absolute Gasteiger partial charge is 0.497 e. The molecule has 1 aromatic heterocycles. The summed E-state index contributed by atoms with van der Waals surface area (Å²) >= 11 is 0. The molecule has 0 bridgehead atoms. The summed E-state index contributed by atoms with van der Waals surface area (Å²) in [4.78, 5) is 16.6. The lowest BCUT2D eigenvalue weighted by Gasteiger charge is -2.15. The monoisotopic (exact) mass is 394 g/mol. The van der Waals surface area contributed by atoms with Crippen LogP contribution in [0.2, 0.25) is 0 Å². The van der Waals surface area contributed by atoms with Crippen LogP contribution in [0, 0.1) is 0 Å². The third-order valence-electron chi connectivity index (χ3n) is 3.99.